The quantitative estimate of drug-likeness (QED) is 0.713. The summed E-state index contributed by atoms with van der Waals surface area (Å²) in [5, 5.41) is 21.7. The first-order valence-electron chi connectivity index (χ1n) is 7.78. The third-order valence-corrected chi connectivity index (χ3v) is 4.38. The summed E-state index contributed by atoms with van der Waals surface area (Å²) in [5.74, 6) is -2.83. The largest absolute Gasteiger partial charge is 0.507 e. The van der Waals surface area contributed by atoms with Crippen LogP contribution in [0.15, 0.2) is 42.5 Å². The Morgan fingerprint density at radius 3 is 2.50 bits per heavy atom. The Morgan fingerprint density at radius 2 is 1.85 bits per heavy atom. The predicted molar refractivity (Wildman–Crippen MR) is 95.6 cm³/mol. The number of aromatic carboxylic acids is 1. The van der Waals surface area contributed by atoms with Gasteiger partial charge >= 0.3 is 5.97 Å². The van der Waals surface area contributed by atoms with E-state index in [9.17, 15) is 19.5 Å². The lowest BCUT2D eigenvalue weighted by molar-refractivity contribution is -0.122. The fourth-order valence-electron chi connectivity index (χ4n) is 2.78. The molecular weight excluding hydrogens is 360 g/mol. The SMILES string of the molecule is O=C(O)c1cc(NC(=O)C2CC(=O)N(c3ccc(Cl)cc3)C2)ccc1O. The molecule has 2 aromatic carbocycles. The van der Waals surface area contributed by atoms with Gasteiger partial charge in [0.15, 0.2) is 0 Å². The number of halogens is 1. The van der Waals surface area contributed by atoms with E-state index in [0.29, 0.717) is 10.7 Å². The molecule has 3 N–H and O–H groups in total. The number of phenols is 1. The molecule has 2 amide bonds. The standard InChI is InChI=1S/C18H15ClN2O5/c19-11-1-4-13(5-2-11)21-9-10(7-16(21)23)17(24)20-12-3-6-15(22)14(8-12)18(25)26/h1-6,8,10,22H,7,9H2,(H,20,24)(H,25,26). The lowest BCUT2D eigenvalue weighted by Crippen LogP contribution is -2.28. The van der Waals surface area contributed by atoms with Crippen molar-refractivity contribution in [1.82, 2.24) is 0 Å². The molecule has 1 heterocycles. The average molecular weight is 375 g/mol. The van der Waals surface area contributed by atoms with Gasteiger partial charge in [-0.2, -0.15) is 0 Å². The number of aromatic hydroxyl groups is 1. The van der Waals surface area contributed by atoms with E-state index in [0.717, 1.165) is 0 Å². The number of carboxylic acids is 1. The van der Waals surface area contributed by atoms with E-state index in [1.807, 2.05) is 0 Å². The van der Waals surface area contributed by atoms with Gasteiger partial charge in [-0.3, -0.25) is 9.59 Å². The summed E-state index contributed by atoms with van der Waals surface area (Å²) in [6, 6.07) is 10.5. The summed E-state index contributed by atoms with van der Waals surface area (Å²) in [7, 11) is 0. The van der Waals surface area contributed by atoms with Crippen molar-refractivity contribution in [2.75, 3.05) is 16.8 Å². The third-order valence-electron chi connectivity index (χ3n) is 4.13. The first-order valence-corrected chi connectivity index (χ1v) is 8.16. The number of carbonyl (C=O) groups is 3. The molecule has 0 saturated carbocycles. The number of anilines is 2. The first-order chi connectivity index (χ1) is 12.3. The maximum Gasteiger partial charge on any atom is 0.339 e. The highest BCUT2D eigenvalue weighted by Crippen LogP contribution is 2.28. The third kappa shape index (κ3) is 3.62. The number of nitrogens with zero attached hydrogens (tertiary/aromatic N) is 1. The van der Waals surface area contributed by atoms with Crippen molar-refractivity contribution >= 4 is 40.8 Å². The van der Waals surface area contributed by atoms with Crippen molar-refractivity contribution in [3.05, 3.63) is 53.1 Å². The average Bonchev–Trinajstić information content (AvgIpc) is 2.99. The van der Waals surface area contributed by atoms with Crippen LogP contribution in [0, 0.1) is 5.92 Å². The van der Waals surface area contributed by atoms with Gasteiger partial charge in [-0.15, -0.1) is 0 Å². The molecule has 0 radical (unpaired) electrons. The van der Waals surface area contributed by atoms with Gasteiger partial charge in [0.2, 0.25) is 11.8 Å². The molecule has 26 heavy (non-hydrogen) atoms. The Labute approximate surface area is 153 Å². The minimum Gasteiger partial charge on any atom is -0.507 e. The zero-order chi connectivity index (χ0) is 18.8. The Bertz CT molecular complexity index is 882. The van der Waals surface area contributed by atoms with Crippen molar-refractivity contribution in [3.8, 4) is 5.75 Å². The number of hydrogen-bond acceptors (Lipinski definition) is 4. The van der Waals surface area contributed by atoms with Crippen molar-refractivity contribution in [1.29, 1.82) is 0 Å². The lowest BCUT2D eigenvalue weighted by Gasteiger charge is -2.17. The van der Waals surface area contributed by atoms with Crippen LogP contribution in [0.25, 0.3) is 0 Å². The van der Waals surface area contributed by atoms with Crippen molar-refractivity contribution in [3.63, 3.8) is 0 Å². The normalized spacial score (nSPS) is 16.6. The molecule has 0 bridgehead atoms. The van der Waals surface area contributed by atoms with Crippen LogP contribution in [0.1, 0.15) is 16.8 Å². The lowest BCUT2D eigenvalue weighted by atomic mass is 10.1. The highest BCUT2D eigenvalue weighted by molar-refractivity contribution is 6.30. The van der Waals surface area contributed by atoms with Gasteiger partial charge in [0.25, 0.3) is 0 Å². The van der Waals surface area contributed by atoms with E-state index in [2.05, 4.69) is 5.32 Å². The molecule has 1 aliphatic heterocycles. The Balaban J connectivity index is 1.71. The Hall–Kier alpha value is -3.06. The number of amides is 2. The van der Waals surface area contributed by atoms with Crippen LogP contribution in [0.5, 0.6) is 5.75 Å². The predicted octanol–water partition coefficient (Wildman–Crippen LogP) is 2.74. The van der Waals surface area contributed by atoms with Crippen LogP contribution in [0.2, 0.25) is 5.02 Å². The van der Waals surface area contributed by atoms with Crippen LogP contribution in [-0.4, -0.2) is 34.5 Å². The number of nitrogens with one attached hydrogen (secondary N) is 1. The summed E-state index contributed by atoms with van der Waals surface area (Å²) in [5.41, 5.74) is 0.586. The highest BCUT2D eigenvalue weighted by Gasteiger charge is 2.35. The van der Waals surface area contributed by atoms with Crippen molar-refractivity contribution < 1.29 is 24.6 Å². The van der Waals surface area contributed by atoms with Gasteiger partial charge in [0.05, 0.1) is 5.92 Å². The fourth-order valence-corrected chi connectivity index (χ4v) is 2.91. The van der Waals surface area contributed by atoms with Gasteiger partial charge in [0, 0.05) is 29.4 Å². The smallest absolute Gasteiger partial charge is 0.339 e. The second-order valence-electron chi connectivity index (χ2n) is 5.91. The molecule has 8 heteroatoms. The topological polar surface area (TPSA) is 107 Å². The zero-order valence-corrected chi connectivity index (χ0v) is 14.2. The van der Waals surface area contributed by atoms with E-state index in [1.54, 1.807) is 24.3 Å². The molecule has 1 fully saturated rings. The molecule has 134 valence electrons. The van der Waals surface area contributed by atoms with Gasteiger partial charge in [-0.05, 0) is 42.5 Å². The molecule has 3 rings (SSSR count). The summed E-state index contributed by atoms with van der Waals surface area (Å²) < 4.78 is 0. The first kappa shape index (κ1) is 17.8. The fraction of sp³-hybridized carbons (Fsp3) is 0.167. The molecular formula is C18H15ClN2O5. The summed E-state index contributed by atoms with van der Waals surface area (Å²) >= 11 is 5.84. The van der Waals surface area contributed by atoms with Crippen LogP contribution in [-0.2, 0) is 9.59 Å². The maximum atomic E-state index is 12.4. The van der Waals surface area contributed by atoms with Crippen LogP contribution in [0.4, 0.5) is 11.4 Å². The van der Waals surface area contributed by atoms with E-state index in [1.165, 1.54) is 23.1 Å². The zero-order valence-electron chi connectivity index (χ0n) is 13.5. The molecule has 2 aromatic rings. The van der Waals surface area contributed by atoms with E-state index >= 15 is 0 Å². The number of rotatable bonds is 4. The molecule has 1 unspecified atom stereocenters. The summed E-state index contributed by atoms with van der Waals surface area (Å²) in [6.45, 7) is 0.218. The second kappa shape index (κ2) is 7.05. The van der Waals surface area contributed by atoms with Crippen LogP contribution >= 0.6 is 11.6 Å². The minimum absolute atomic E-state index is 0.0539. The van der Waals surface area contributed by atoms with Gasteiger partial charge < -0.3 is 20.4 Å². The highest BCUT2D eigenvalue weighted by atomic mass is 35.5. The number of carboxylic acid groups (broad SMARTS) is 1. The van der Waals surface area contributed by atoms with Gasteiger partial charge in [-0.1, -0.05) is 11.6 Å². The molecule has 1 saturated heterocycles. The molecule has 0 aromatic heterocycles. The van der Waals surface area contributed by atoms with Gasteiger partial charge in [-0.25, -0.2) is 4.79 Å². The van der Waals surface area contributed by atoms with Crippen LogP contribution < -0.4 is 10.2 Å². The monoisotopic (exact) mass is 374 g/mol. The molecule has 0 spiro atoms. The molecule has 1 atom stereocenters. The number of carbonyl (C=O) groups excluding carboxylic acids is 2. The van der Waals surface area contributed by atoms with Crippen LogP contribution in [0.3, 0.4) is 0 Å². The molecule has 7 nitrogen and oxygen atoms in total. The number of hydrogen-bond donors (Lipinski definition) is 3. The summed E-state index contributed by atoms with van der Waals surface area (Å²) in [4.78, 5) is 37.2. The van der Waals surface area contributed by atoms with E-state index in [4.69, 9.17) is 16.7 Å². The van der Waals surface area contributed by atoms with Crippen molar-refractivity contribution in [2.24, 2.45) is 5.92 Å². The molecule has 1 aliphatic rings. The minimum atomic E-state index is -1.30. The van der Waals surface area contributed by atoms with Crippen molar-refractivity contribution in [2.45, 2.75) is 6.42 Å². The van der Waals surface area contributed by atoms with Gasteiger partial charge in [0.1, 0.15) is 11.3 Å². The number of benzene rings is 2. The maximum absolute atomic E-state index is 12.4. The second-order valence-corrected chi connectivity index (χ2v) is 6.34. The molecule has 0 aliphatic carbocycles. The van der Waals surface area contributed by atoms with E-state index < -0.39 is 17.8 Å². The van der Waals surface area contributed by atoms with E-state index in [-0.39, 0.29) is 35.9 Å². The Kier molecular flexibility index (Phi) is 4.81. The Morgan fingerprint density at radius 1 is 1.15 bits per heavy atom. The summed E-state index contributed by atoms with van der Waals surface area (Å²) in [6.07, 6.45) is 0.0539.